The number of nitrogens with zero attached hydrogens (tertiary/aromatic N) is 1. The third kappa shape index (κ3) is 2.35. The van der Waals surface area contributed by atoms with E-state index in [1.807, 2.05) is 13.1 Å². The lowest BCUT2D eigenvalue weighted by molar-refractivity contribution is 0.186. The first-order chi connectivity index (χ1) is 7.76. The van der Waals surface area contributed by atoms with Crippen LogP contribution in [0.15, 0.2) is 17.1 Å². The molecule has 16 heavy (non-hydrogen) atoms. The van der Waals surface area contributed by atoms with Gasteiger partial charge in [0.15, 0.2) is 0 Å². The smallest absolute Gasteiger partial charge is 0.253 e. The Labute approximate surface area is 96.0 Å². The Morgan fingerprint density at radius 1 is 1.50 bits per heavy atom. The zero-order valence-corrected chi connectivity index (χ0v) is 10.0. The van der Waals surface area contributed by atoms with Crippen LogP contribution in [0.4, 0.5) is 0 Å². The Balaban J connectivity index is 2.32. The van der Waals surface area contributed by atoms with Gasteiger partial charge in [0.1, 0.15) is 0 Å². The molecule has 1 saturated carbocycles. The molecule has 0 radical (unpaired) electrons. The van der Waals surface area contributed by atoms with E-state index in [-0.39, 0.29) is 5.56 Å². The molecule has 2 rings (SSSR count). The summed E-state index contributed by atoms with van der Waals surface area (Å²) in [5.41, 5.74) is 2.40. The van der Waals surface area contributed by atoms with Gasteiger partial charge in [0.05, 0.1) is 6.61 Å². The number of hydrogen-bond donors (Lipinski definition) is 0. The third-order valence-corrected chi connectivity index (χ3v) is 3.15. The van der Waals surface area contributed by atoms with E-state index in [2.05, 4.69) is 6.07 Å². The van der Waals surface area contributed by atoms with Gasteiger partial charge < -0.3 is 9.30 Å². The van der Waals surface area contributed by atoms with Crippen LogP contribution in [0.2, 0.25) is 0 Å². The highest BCUT2D eigenvalue weighted by atomic mass is 16.5. The fourth-order valence-electron chi connectivity index (χ4n) is 1.97. The molecule has 1 fully saturated rings. The largest absolute Gasteiger partial charge is 0.383 e. The SMILES string of the molecule is CCc1cc(C2CC2)cn(CCOC)c1=O. The normalized spacial score (nSPS) is 15.4. The number of rotatable bonds is 5. The summed E-state index contributed by atoms with van der Waals surface area (Å²) in [6.45, 7) is 3.29. The van der Waals surface area contributed by atoms with Gasteiger partial charge in [-0.2, -0.15) is 0 Å². The average Bonchev–Trinajstić information content (AvgIpc) is 3.11. The van der Waals surface area contributed by atoms with Crippen molar-refractivity contribution in [1.82, 2.24) is 4.57 Å². The summed E-state index contributed by atoms with van der Waals surface area (Å²) in [5, 5.41) is 0. The molecular weight excluding hydrogens is 202 g/mol. The van der Waals surface area contributed by atoms with Crippen molar-refractivity contribution < 1.29 is 4.74 Å². The second kappa shape index (κ2) is 4.83. The lowest BCUT2D eigenvalue weighted by atomic mass is 10.1. The summed E-state index contributed by atoms with van der Waals surface area (Å²) in [6, 6.07) is 2.09. The molecule has 0 N–H and O–H groups in total. The maximum Gasteiger partial charge on any atom is 0.253 e. The van der Waals surface area contributed by atoms with E-state index >= 15 is 0 Å². The molecule has 0 spiro atoms. The van der Waals surface area contributed by atoms with E-state index in [4.69, 9.17) is 4.74 Å². The number of aryl methyl sites for hydroxylation is 1. The maximum atomic E-state index is 12.0. The molecule has 0 aliphatic heterocycles. The van der Waals surface area contributed by atoms with Crippen molar-refractivity contribution in [1.29, 1.82) is 0 Å². The molecule has 0 atom stereocenters. The van der Waals surface area contributed by atoms with Gasteiger partial charge in [0.25, 0.3) is 5.56 Å². The number of ether oxygens (including phenoxy) is 1. The molecule has 0 saturated heterocycles. The summed E-state index contributed by atoms with van der Waals surface area (Å²) in [6.07, 6.45) is 5.36. The van der Waals surface area contributed by atoms with E-state index in [0.29, 0.717) is 19.1 Å². The number of hydrogen-bond acceptors (Lipinski definition) is 2. The van der Waals surface area contributed by atoms with Gasteiger partial charge in [0, 0.05) is 25.4 Å². The Morgan fingerprint density at radius 3 is 2.81 bits per heavy atom. The first-order valence-corrected chi connectivity index (χ1v) is 5.98. The highest BCUT2D eigenvalue weighted by Crippen LogP contribution is 2.39. The Bertz CT molecular complexity index is 418. The fraction of sp³-hybridized carbons (Fsp3) is 0.615. The summed E-state index contributed by atoms with van der Waals surface area (Å²) >= 11 is 0. The van der Waals surface area contributed by atoms with Crippen LogP contribution in [0.25, 0.3) is 0 Å². The van der Waals surface area contributed by atoms with Crippen molar-refractivity contribution in [3.63, 3.8) is 0 Å². The summed E-state index contributed by atoms with van der Waals surface area (Å²) in [4.78, 5) is 12.0. The van der Waals surface area contributed by atoms with Crippen molar-refractivity contribution in [2.75, 3.05) is 13.7 Å². The summed E-state index contributed by atoms with van der Waals surface area (Å²) < 4.78 is 6.83. The highest BCUT2D eigenvalue weighted by molar-refractivity contribution is 5.26. The van der Waals surface area contributed by atoms with Crippen molar-refractivity contribution in [3.8, 4) is 0 Å². The third-order valence-electron chi connectivity index (χ3n) is 3.15. The summed E-state index contributed by atoms with van der Waals surface area (Å²) in [7, 11) is 1.66. The van der Waals surface area contributed by atoms with Crippen molar-refractivity contribution in [2.45, 2.75) is 38.6 Å². The molecule has 1 aliphatic carbocycles. The molecule has 1 heterocycles. The Hall–Kier alpha value is -1.09. The molecule has 88 valence electrons. The molecule has 1 aromatic heterocycles. The minimum atomic E-state index is 0.143. The molecule has 0 bridgehead atoms. The number of pyridine rings is 1. The second-order valence-corrected chi connectivity index (χ2v) is 4.42. The van der Waals surface area contributed by atoms with Gasteiger partial charge >= 0.3 is 0 Å². The van der Waals surface area contributed by atoms with Gasteiger partial charge in [-0.3, -0.25) is 4.79 Å². The quantitative estimate of drug-likeness (QED) is 0.760. The van der Waals surface area contributed by atoms with Crippen LogP contribution in [-0.2, 0) is 17.7 Å². The predicted octanol–water partition coefficient (Wildman–Crippen LogP) is 1.93. The van der Waals surface area contributed by atoms with E-state index in [1.165, 1.54) is 18.4 Å². The lowest BCUT2D eigenvalue weighted by Crippen LogP contribution is -2.25. The van der Waals surface area contributed by atoms with E-state index in [9.17, 15) is 4.79 Å². The first-order valence-electron chi connectivity index (χ1n) is 5.98. The van der Waals surface area contributed by atoms with Crippen LogP contribution in [0.1, 0.15) is 36.8 Å². The molecule has 0 unspecified atom stereocenters. The maximum absolute atomic E-state index is 12.0. The standard InChI is InChI=1S/C13H19NO2/c1-3-10-8-12(11-4-5-11)9-14(13(10)15)6-7-16-2/h8-9,11H,3-7H2,1-2H3. The predicted molar refractivity (Wildman–Crippen MR) is 63.9 cm³/mol. The molecule has 3 nitrogen and oxygen atoms in total. The Morgan fingerprint density at radius 2 is 2.25 bits per heavy atom. The minimum Gasteiger partial charge on any atom is -0.383 e. The first kappa shape index (κ1) is 11.4. The average molecular weight is 221 g/mol. The minimum absolute atomic E-state index is 0.143. The van der Waals surface area contributed by atoms with Gasteiger partial charge in [0.2, 0.25) is 0 Å². The molecule has 1 aromatic rings. The van der Waals surface area contributed by atoms with E-state index < -0.39 is 0 Å². The van der Waals surface area contributed by atoms with Crippen LogP contribution in [-0.4, -0.2) is 18.3 Å². The van der Waals surface area contributed by atoms with Crippen LogP contribution >= 0.6 is 0 Å². The van der Waals surface area contributed by atoms with Crippen LogP contribution < -0.4 is 5.56 Å². The van der Waals surface area contributed by atoms with Crippen molar-refractivity contribution in [3.05, 3.63) is 33.7 Å². The van der Waals surface area contributed by atoms with E-state index in [0.717, 1.165) is 12.0 Å². The van der Waals surface area contributed by atoms with Gasteiger partial charge in [-0.05, 0) is 36.8 Å². The highest BCUT2D eigenvalue weighted by Gasteiger charge is 2.24. The molecular formula is C13H19NO2. The van der Waals surface area contributed by atoms with Crippen molar-refractivity contribution in [2.24, 2.45) is 0 Å². The van der Waals surface area contributed by atoms with Crippen LogP contribution in [0.3, 0.4) is 0 Å². The van der Waals surface area contributed by atoms with Crippen LogP contribution in [0, 0.1) is 0 Å². The number of aromatic nitrogens is 1. The van der Waals surface area contributed by atoms with Crippen molar-refractivity contribution >= 4 is 0 Å². The molecule has 3 heteroatoms. The topological polar surface area (TPSA) is 31.2 Å². The van der Waals surface area contributed by atoms with Gasteiger partial charge in [-0.15, -0.1) is 0 Å². The molecule has 0 aromatic carbocycles. The second-order valence-electron chi connectivity index (χ2n) is 4.42. The van der Waals surface area contributed by atoms with Gasteiger partial charge in [-0.25, -0.2) is 0 Å². The zero-order valence-electron chi connectivity index (χ0n) is 10.0. The summed E-state index contributed by atoms with van der Waals surface area (Å²) in [5.74, 6) is 0.694. The zero-order chi connectivity index (χ0) is 11.5. The van der Waals surface area contributed by atoms with Crippen LogP contribution in [0.5, 0.6) is 0 Å². The lowest BCUT2D eigenvalue weighted by Gasteiger charge is -2.10. The van der Waals surface area contributed by atoms with Gasteiger partial charge in [-0.1, -0.05) is 6.92 Å². The fourth-order valence-corrected chi connectivity index (χ4v) is 1.97. The van der Waals surface area contributed by atoms with E-state index in [1.54, 1.807) is 11.7 Å². The molecule has 0 amide bonds. The number of methoxy groups -OCH3 is 1. The molecule has 1 aliphatic rings. The monoisotopic (exact) mass is 221 g/mol. The Kier molecular flexibility index (Phi) is 3.44.